The first kappa shape index (κ1) is 16.2. The Bertz CT molecular complexity index is 835. The highest BCUT2D eigenvalue weighted by molar-refractivity contribution is 7.09. The quantitative estimate of drug-likeness (QED) is 0.772. The molecule has 0 saturated carbocycles. The van der Waals surface area contributed by atoms with E-state index in [9.17, 15) is 4.79 Å². The fraction of sp³-hybridized carbons (Fsp3) is 0.316. The number of rotatable bonds is 4. The second-order valence-electron chi connectivity index (χ2n) is 6.23. The minimum Gasteiger partial charge on any atom is -0.464 e. The van der Waals surface area contributed by atoms with Crippen LogP contribution in [0.1, 0.15) is 4.88 Å². The monoisotopic (exact) mass is 355 g/mol. The predicted octanol–water partition coefficient (Wildman–Crippen LogP) is 3.89. The molecular formula is C19H21N3O2S. The van der Waals surface area contributed by atoms with E-state index >= 15 is 0 Å². The zero-order valence-electron chi connectivity index (χ0n) is 14.0. The van der Waals surface area contributed by atoms with Gasteiger partial charge in [0.2, 0.25) is 0 Å². The molecule has 1 aliphatic rings. The van der Waals surface area contributed by atoms with Crippen LogP contribution in [0, 0.1) is 0 Å². The van der Waals surface area contributed by atoms with Crippen molar-refractivity contribution in [2.24, 2.45) is 0 Å². The molecular weight excluding hydrogens is 334 g/mol. The Morgan fingerprint density at radius 3 is 2.80 bits per heavy atom. The van der Waals surface area contributed by atoms with Gasteiger partial charge >= 0.3 is 6.03 Å². The molecule has 0 bridgehead atoms. The fourth-order valence-corrected chi connectivity index (χ4v) is 3.89. The van der Waals surface area contributed by atoms with Gasteiger partial charge in [-0.3, -0.25) is 4.90 Å². The van der Waals surface area contributed by atoms with Crippen LogP contribution in [-0.4, -0.2) is 48.6 Å². The highest BCUT2D eigenvalue weighted by Crippen LogP contribution is 2.24. The largest absolute Gasteiger partial charge is 0.464 e. The van der Waals surface area contributed by atoms with Crippen LogP contribution < -0.4 is 5.32 Å². The Labute approximate surface area is 150 Å². The maximum atomic E-state index is 12.6. The lowest BCUT2D eigenvalue weighted by Crippen LogP contribution is -2.50. The highest BCUT2D eigenvalue weighted by atomic mass is 32.1. The number of carbonyl (C=O) groups is 1. The van der Waals surface area contributed by atoms with E-state index in [0.717, 1.165) is 55.8 Å². The van der Waals surface area contributed by atoms with E-state index in [1.165, 1.54) is 4.88 Å². The first-order valence-corrected chi connectivity index (χ1v) is 9.44. The Kier molecular flexibility index (Phi) is 4.72. The van der Waals surface area contributed by atoms with Crippen molar-refractivity contribution in [2.75, 3.05) is 38.0 Å². The molecule has 25 heavy (non-hydrogen) atoms. The van der Waals surface area contributed by atoms with Gasteiger partial charge in [0.05, 0.1) is 12.0 Å². The summed E-state index contributed by atoms with van der Waals surface area (Å²) in [4.78, 5) is 18.3. The number of benzene rings is 1. The molecule has 0 aliphatic carbocycles. The van der Waals surface area contributed by atoms with Crippen molar-refractivity contribution in [3.8, 4) is 0 Å². The molecule has 0 atom stereocenters. The van der Waals surface area contributed by atoms with Gasteiger partial charge in [-0.2, -0.15) is 0 Å². The minimum absolute atomic E-state index is 0.0355. The van der Waals surface area contributed by atoms with Gasteiger partial charge in [0.15, 0.2) is 0 Å². The number of hydrogen-bond donors (Lipinski definition) is 1. The Hall–Kier alpha value is -2.31. The maximum Gasteiger partial charge on any atom is 0.321 e. The lowest BCUT2D eigenvalue weighted by molar-refractivity contribution is 0.148. The summed E-state index contributed by atoms with van der Waals surface area (Å²) >= 11 is 1.81. The topological polar surface area (TPSA) is 48.7 Å². The zero-order chi connectivity index (χ0) is 17.1. The van der Waals surface area contributed by atoms with Gasteiger partial charge in [0.25, 0.3) is 0 Å². The number of urea groups is 1. The molecule has 0 unspecified atom stereocenters. The van der Waals surface area contributed by atoms with E-state index in [0.29, 0.717) is 0 Å². The van der Waals surface area contributed by atoms with Crippen LogP contribution >= 0.6 is 11.3 Å². The number of nitrogens with one attached hydrogen (secondary N) is 1. The van der Waals surface area contributed by atoms with Crippen LogP contribution in [0.3, 0.4) is 0 Å². The van der Waals surface area contributed by atoms with Crippen molar-refractivity contribution < 1.29 is 9.21 Å². The summed E-state index contributed by atoms with van der Waals surface area (Å²) in [5.74, 6) is 0. The van der Waals surface area contributed by atoms with Crippen molar-refractivity contribution in [1.82, 2.24) is 9.80 Å². The Balaban J connectivity index is 1.30. The molecule has 3 aromatic rings. The third kappa shape index (κ3) is 3.70. The summed E-state index contributed by atoms with van der Waals surface area (Å²) in [7, 11) is 0. The summed E-state index contributed by atoms with van der Waals surface area (Å²) in [6.07, 6.45) is 2.74. The van der Waals surface area contributed by atoms with Gasteiger partial charge in [0.1, 0.15) is 5.58 Å². The number of hydrogen-bond acceptors (Lipinski definition) is 4. The van der Waals surface area contributed by atoms with Crippen molar-refractivity contribution >= 4 is 34.0 Å². The van der Waals surface area contributed by atoms with E-state index in [2.05, 4.69) is 27.7 Å². The van der Waals surface area contributed by atoms with Crippen molar-refractivity contribution in [3.05, 3.63) is 52.9 Å². The molecule has 130 valence electrons. The molecule has 2 amide bonds. The van der Waals surface area contributed by atoms with Crippen LogP contribution in [0.4, 0.5) is 10.5 Å². The summed E-state index contributed by atoms with van der Waals surface area (Å²) in [6, 6.07) is 11.8. The van der Waals surface area contributed by atoms with E-state index in [1.807, 2.05) is 40.5 Å². The summed E-state index contributed by atoms with van der Waals surface area (Å²) in [5.41, 5.74) is 1.59. The van der Waals surface area contributed by atoms with Crippen LogP contribution in [0.25, 0.3) is 11.0 Å². The maximum absolute atomic E-state index is 12.6. The van der Waals surface area contributed by atoms with Gasteiger partial charge in [-0.15, -0.1) is 11.3 Å². The van der Waals surface area contributed by atoms with Gasteiger partial charge in [-0.25, -0.2) is 4.79 Å². The van der Waals surface area contributed by atoms with Gasteiger partial charge in [-0.1, -0.05) is 12.1 Å². The molecule has 1 fully saturated rings. The number of piperazine rings is 1. The molecule has 4 rings (SSSR count). The average Bonchev–Trinajstić information content (AvgIpc) is 3.32. The van der Waals surface area contributed by atoms with Crippen LogP contribution in [-0.2, 0) is 6.42 Å². The lowest BCUT2D eigenvalue weighted by Gasteiger charge is -2.34. The highest BCUT2D eigenvalue weighted by Gasteiger charge is 2.21. The lowest BCUT2D eigenvalue weighted by atomic mass is 10.2. The Morgan fingerprint density at radius 2 is 2.00 bits per heavy atom. The zero-order valence-corrected chi connectivity index (χ0v) is 14.8. The molecule has 1 saturated heterocycles. The SMILES string of the molecule is O=C(Nc1cccc2occc12)N1CCN(CCc2cccs2)CC1. The Morgan fingerprint density at radius 1 is 1.12 bits per heavy atom. The molecule has 3 heterocycles. The minimum atomic E-state index is -0.0355. The van der Waals surface area contributed by atoms with Crippen LogP contribution in [0.15, 0.2) is 52.5 Å². The molecule has 5 nitrogen and oxygen atoms in total. The van der Waals surface area contributed by atoms with E-state index < -0.39 is 0 Å². The first-order chi connectivity index (χ1) is 12.3. The van der Waals surface area contributed by atoms with Crippen LogP contribution in [0.2, 0.25) is 0 Å². The third-order valence-electron chi connectivity index (χ3n) is 4.65. The molecule has 6 heteroatoms. The van der Waals surface area contributed by atoms with E-state index in [4.69, 9.17) is 4.42 Å². The first-order valence-electron chi connectivity index (χ1n) is 8.56. The van der Waals surface area contributed by atoms with E-state index in [-0.39, 0.29) is 6.03 Å². The van der Waals surface area contributed by atoms with Crippen LogP contribution in [0.5, 0.6) is 0 Å². The normalized spacial score (nSPS) is 15.6. The number of fused-ring (bicyclic) bond motifs is 1. The van der Waals surface area contributed by atoms with Crippen molar-refractivity contribution in [2.45, 2.75) is 6.42 Å². The van der Waals surface area contributed by atoms with Gasteiger partial charge < -0.3 is 14.6 Å². The molecule has 0 radical (unpaired) electrons. The molecule has 1 N–H and O–H groups in total. The fourth-order valence-electron chi connectivity index (χ4n) is 3.20. The molecule has 0 spiro atoms. The average molecular weight is 355 g/mol. The number of amides is 2. The second-order valence-corrected chi connectivity index (χ2v) is 7.26. The number of thiophene rings is 1. The summed E-state index contributed by atoms with van der Waals surface area (Å²) in [5, 5.41) is 6.08. The second kappa shape index (κ2) is 7.29. The predicted molar refractivity (Wildman–Crippen MR) is 101 cm³/mol. The smallest absolute Gasteiger partial charge is 0.321 e. The number of carbonyl (C=O) groups excluding carboxylic acids is 1. The van der Waals surface area contributed by atoms with Crippen molar-refractivity contribution in [3.63, 3.8) is 0 Å². The summed E-state index contributed by atoms with van der Waals surface area (Å²) in [6.45, 7) is 4.43. The number of nitrogens with zero attached hydrogens (tertiary/aromatic N) is 2. The van der Waals surface area contributed by atoms with Gasteiger partial charge in [-0.05, 0) is 36.1 Å². The van der Waals surface area contributed by atoms with Gasteiger partial charge in [0, 0.05) is 43.0 Å². The molecule has 1 aliphatic heterocycles. The summed E-state index contributed by atoms with van der Waals surface area (Å²) < 4.78 is 5.39. The van der Waals surface area contributed by atoms with E-state index in [1.54, 1.807) is 6.26 Å². The number of furan rings is 1. The third-order valence-corrected chi connectivity index (χ3v) is 5.59. The standard InChI is InChI=1S/C19H21N3O2S/c23-19(20-17-4-1-5-18-16(17)7-13-24-18)22-11-9-21(10-12-22)8-6-15-3-2-14-25-15/h1-5,7,13-14H,6,8-12H2,(H,20,23). The molecule has 2 aromatic heterocycles. The van der Waals surface area contributed by atoms with Crippen molar-refractivity contribution in [1.29, 1.82) is 0 Å². The number of anilines is 1. The molecule has 1 aromatic carbocycles.